The van der Waals surface area contributed by atoms with Crippen LogP contribution in [-0.2, 0) is 9.53 Å². The lowest BCUT2D eigenvalue weighted by Gasteiger charge is -2.33. The summed E-state index contributed by atoms with van der Waals surface area (Å²) in [6.07, 6.45) is 5.08. The van der Waals surface area contributed by atoms with Crippen molar-refractivity contribution in [1.29, 1.82) is 0 Å². The van der Waals surface area contributed by atoms with Crippen LogP contribution in [0.5, 0.6) is 0 Å². The zero-order valence-electron chi connectivity index (χ0n) is 17.1. The van der Waals surface area contributed by atoms with E-state index in [2.05, 4.69) is 51.3 Å². The van der Waals surface area contributed by atoms with Gasteiger partial charge in [-0.3, -0.25) is 14.7 Å². The summed E-state index contributed by atoms with van der Waals surface area (Å²) in [5, 5.41) is 4.19. The third-order valence-corrected chi connectivity index (χ3v) is 5.09. The average Bonchev–Trinajstić information content (AvgIpc) is 2.77. The SMILES string of the molecule is CCN(CC)c1ccc(/C=N\NC(=O)[C@H](c2ccncc2)N2CCOCC2)cc1. The number of anilines is 1. The minimum absolute atomic E-state index is 0.158. The van der Waals surface area contributed by atoms with Gasteiger partial charge in [-0.1, -0.05) is 12.1 Å². The molecule has 2 heterocycles. The smallest absolute Gasteiger partial charge is 0.262 e. The van der Waals surface area contributed by atoms with Gasteiger partial charge in [0.2, 0.25) is 0 Å². The molecule has 7 heteroatoms. The van der Waals surface area contributed by atoms with E-state index in [1.54, 1.807) is 18.6 Å². The molecular weight excluding hydrogens is 366 g/mol. The van der Waals surface area contributed by atoms with Gasteiger partial charge in [-0.15, -0.1) is 0 Å². The molecule has 1 atom stereocenters. The number of pyridine rings is 1. The number of hydrazone groups is 1. The number of benzene rings is 1. The minimum atomic E-state index is -0.413. The number of ether oxygens (including phenoxy) is 1. The van der Waals surface area contributed by atoms with Crippen LogP contribution in [0.3, 0.4) is 0 Å². The fraction of sp³-hybridized carbons (Fsp3) is 0.409. The molecule has 1 saturated heterocycles. The highest BCUT2D eigenvalue weighted by molar-refractivity contribution is 5.86. The van der Waals surface area contributed by atoms with E-state index in [-0.39, 0.29) is 5.91 Å². The lowest BCUT2D eigenvalue weighted by atomic mass is 10.1. The quantitative estimate of drug-likeness (QED) is 0.549. The fourth-order valence-corrected chi connectivity index (χ4v) is 3.50. The van der Waals surface area contributed by atoms with Crippen LogP contribution >= 0.6 is 0 Å². The van der Waals surface area contributed by atoms with Crippen molar-refractivity contribution in [2.45, 2.75) is 19.9 Å². The zero-order chi connectivity index (χ0) is 20.5. The van der Waals surface area contributed by atoms with Gasteiger partial charge in [0.25, 0.3) is 5.91 Å². The molecule has 1 fully saturated rings. The molecular formula is C22H29N5O2. The molecule has 29 heavy (non-hydrogen) atoms. The lowest BCUT2D eigenvalue weighted by molar-refractivity contribution is -0.128. The topological polar surface area (TPSA) is 70.1 Å². The Balaban J connectivity index is 1.66. The molecule has 1 aromatic heterocycles. The fourth-order valence-electron chi connectivity index (χ4n) is 3.50. The summed E-state index contributed by atoms with van der Waals surface area (Å²) in [5.74, 6) is -0.158. The highest BCUT2D eigenvalue weighted by Crippen LogP contribution is 2.21. The Bertz CT molecular complexity index is 785. The third kappa shape index (κ3) is 5.62. The standard InChI is InChI=1S/C22H29N5O2/c1-3-26(4-2)20-7-5-18(6-8-20)17-24-25-22(28)21(19-9-11-23-12-10-19)27-13-15-29-16-14-27/h5-12,17,21H,3-4,13-16H2,1-2H3,(H,25,28)/b24-17-/t21-/m0/s1. The Hall–Kier alpha value is -2.77. The second-order valence-corrected chi connectivity index (χ2v) is 6.83. The van der Waals surface area contributed by atoms with Gasteiger partial charge in [0.1, 0.15) is 6.04 Å². The maximum atomic E-state index is 12.9. The number of hydrogen-bond acceptors (Lipinski definition) is 6. The molecule has 154 valence electrons. The number of nitrogens with zero attached hydrogens (tertiary/aromatic N) is 4. The van der Waals surface area contributed by atoms with Gasteiger partial charge in [0, 0.05) is 44.3 Å². The Morgan fingerprint density at radius 3 is 2.45 bits per heavy atom. The van der Waals surface area contributed by atoms with E-state index in [1.165, 1.54) is 5.69 Å². The maximum Gasteiger partial charge on any atom is 0.262 e. The molecule has 1 amide bonds. The van der Waals surface area contributed by atoms with Crippen molar-refractivity contribution in [1.82, 2.24) is 15.3 Å². The molecule has 2 aromatic rings. The first-order valence-electron chi connectivity index (χ1n) is 10.1. The molecule has 0 spiro atoms. The highest BCUT2D eigenvalue weighted by Gasteiger charge is 2.28. The summed E-state index contributed by atoms with van der Waals surface area (Å²) in [6.45, 7) is 8.88. The van der Waals surface area contributed by atoms with Gasteiger partial charge in [-0.05, 0) is 49.2 Å². The monoisotopic (exact) mass is 395 g/mol. The van der Waals surface area contributed by atoms with Gasteiger partial charge in [-0.2, -0.15) is 5.10 Å². The van der Waals surface area contributed by atoms with E-state index in [0.29, 0.717) is 26.3 Å². The molecule has 1 aliphatic heterocycles. The van der Waals surface area contributed by atoms with E-state index in [4.69, 9.17) is 4.74 Å². The normalized spacial score (nSPS) is 15.9. The van der Waals surface area contributed by atoms with Crippen LogP contribution in [0, 0.1) is 0 Å². The molecule has 1 aliphatic rings. The van der Waals surface area contributed by atoms with Gasteiger partial charge in [-0.25, -0.2) is 5.43 Å². The third-order valence-electron chi connectivity index (χ3n) is 5.09. The predicted octanol–water partition coefficient (Wildman–Crippen LogP) is 2.45. The van der Waals surface area contributed by atoms with Crippen molar-refractivity contribution < 1.29 is 9.53 Å². The molecule has 0 aliphatic carbocycles. The van der Waals surface area contributed by atoms with Crippen LogP contribution in [0.4, 0.5) is 5.69 Å². The van der Waals surface area contributed by atoms with Gasteiger partial charge in [0.15, 0.2) is 0 Å². The highest BCUT2D eigenvalue weighted by atomic mass is 16.5. The largest absolute Gasteiger partial charge is 0.379 e. The summed E-state index contributed by atoms with van der Waals surface area (Å²) in [7, 11) is 0. The maximum absolute atomic E-state index is 12.9. The Labute approximate surface area is 172 Å². The van der Waals surface area contributed by atoms with Crippen LogP contribution in [0.2, 0.25) is 0 Å². The van der Waals surface area contributed by atoms with Gasteiger partial charge >= 0.3 is 0 Å². The predicted molar refractivity (Wildman–Crippen MR) is 115 cm³/mol. The lowest BCUT2D eigenvalue weighted by Crippen LogP contribution is -2.44. The molecule has 1 aromatic carbocycles. The average molecular weight is 396 g/mol. The number of amides is 1. The van der Waals surface area contributed by atoms with Crippen molar-refractivity contribution in [3.63, 3.8) is 0 Å². The minimum Gasteiger partial charge on any atom is -0.379 e. The van der Waals surface area contributed by atoms with Crippen molar-refractivity contribution in [2.75, 3.05) is 44.3 Å². The first-order valence-corrected chi connectivity index (χ1v) is 10.1. The summed E-state index contributed by atoms with van der Waals surface area (Å²) in [4.78, 5) is 21.4. The summed E-state index contributed by atoms with van der Waals surface area (Å²) >= 11 is 0. The number of morpholine rings is 1. The number of rotatable bonds is 8. The molecule has 1 N–H and O–H groups in total. The van der Waals surface area contributed by atoms with Crippen LogP contribution < -0.4 is 10.3 Å². The second kappa shape index (κ2) is 10.7. The number of hydrogen-bond donors (Lipinski definition) is 1. The molecule has 7 nitrogen and oxygen atoms in total. The second-order valence-electron chi connectivity index (χ2n) is 6.83. The van der Waals surface area contributed by atoms with Crippen molar-refractivity contribution in [3.05, 3.63) is 59.9 Å². The van der Waals surface area contributed by atoms with E-state index < -0.39 is 6.04 Å². The van der Waals surface area contributed by atoms with E-state index >= 15 is 0 Å². The molecule has 0 saturated carbocycles. The molecule has 0 unspecified atom stereocenters. The van der Waals surface area contributed by atoms with Crippen molar-refractivity contribution in [3.8, 4) is 0 Å². The number of aromatic nitrogens is 1. The first-order chi connectivity index (χ1) is 14.2. The summed E-state index contributed by atoms with van der Waals surface area (Å²) in [6, 6.07) is 11.5. The van der Waals surface area contributed by atoms with E-state index in [0.717, 1.165) is 24.2 Å². The summed E-state index contributed by atoms with van der Waals surface area (Å²) in [5.41, 5.74) is 5.72. The molecule has 0 radical (unpaired) electrons. The van der Waals surface area contributed by atoms with E-state index in [1.807, 2.05) is 24.3 Å². The van der Waals surface area contributed by atoms with Gasteiger partial charge < -0.3 is 9.64 Å². The van der Waals surface area contributed by atoms with Crippen LogP contribution in [0.1, 0.15) is 31.0 Å². The van der Waals surface area contributed by atoms with Gasteiger partial charge in [0.05, 0.1) is 19.4 Å². The number of nitrogens with one attached hydrogen (secondary N) is 1. The Kier molecular flexibility index (Phi) is 7.72. The van der Waals surface area contributed by atoms with Crippen LogP contribution in [0.25, 0.3) is 0 Å². The number of carbonyl (C=O) groups excluding carboxylic acids is 1. The Morgan fingerprint density at radius 1 is 1.17 bits per heavy atom. The number of carbonyl (C=O) groups is 1. The van der Waals surface area contributed by atoms with Crippen molar-refractivity contribution >= 4 is 17.8 Å². The zero-order valence-corrected chi connectivity index (χ0v) is 17.1. The molecule has 3 rings (SSSR count). The van der Waals surface area contributed by atoms with E-state index in [9.17, 15) is 4.79 Å². The molecule has 0 bridgehead atoms. The van der Waals surface area contributed by atoms with Crippen LogP contribution in [-0.4, -0.2) is 61.4 Å². The first kappa shape index (κ1) is 21.0. The van der Waals surface area contributed by atoms with Crippen molar-refractivity contribution in [2.24, 2.45) is 5.10 Å². The summed E-state index contributed by atoms with van der Waals surface area (Å²) < 4.78 is 5.43. The van der Waals surface area contributed by atoms with Crippen LogP contribution in [0.15, 0.2) is 53.9 Å². The Morgan fingerprint density at radius 2 is 1.83 bits per heavy atom.